The molecule has 2 rings (SSSR count). The van der Waals surface area contributed by atoms with Crippen LogP contribution in [0.3, 0.4) is 0 Å². The van der Waals surface area contributed by atoms with Crippen molar-refractivity contribution in [2.75, 3.05) is 12.3 Å². The summed E-state index contributed by atoms with van der Waals surface area (Å²) in [5, 5.41) is 4.05. The zero-order chi connectivity index (χ0) is 14.6. The highest BCUT2D eigenvalue weighted by atomic mass is 16.5. The van der Waals surface area contributed by atoms with Gasteiger partial charge in [0.2, 0.25) is 11.7 Å². The Balaban J connectivity index is 2.16. The van der Waals surface area contributed by atoms with E-state index in [0.29, 0.717) is 24.7 Å². The lowest BCUT2D eigenvalue weighted by Crippen LogP contribution is -2.26. The molecule has 0 aliphatic rings. The van der Waals surface area contributed by atoms with Gasteiger partial charge in [0.1, 0.15) is 5.60 Å². The zero-order valence-corrected chi connectivity index (χ0v) is 12.2. The number of nitrogens with zero attached hydrogens (tertiary/aromatic N) is 2. The van der Waals surface area contributed by atoms with Gasteiger partial charge < -0.3 is 15.0 Å². The van der Waals surface area contributed by atoms with Crippen LogP contribution in [0.5, 0.6) is 0 Å². The van der Waals surface area contributed by atoms with Crippen molar-refractivity contribution in [1.82, 2.24) is 10.1 Å². The van der Waals surface area contributed by atoms with Crippen molar-refractivity contribution < 1.29 is 9.26 Å². The van der Waals surface area contributed by atoms with Crippen molar-refractivity contribution >= 4 is 5.69 Å². The lowest BCUT2D eigenvalue weighted by atomic mass is 10.0. The quantitative estimate of drug-likeness (QED) is 0.820. The molecule has 1 atom stereocenters. The van der Waals surface area contributed by atoms with E-state index in [1.807, 2.05) is 45.0 Å². The third kappa shape index (κ3) is 3.17. The van der Waals surface area contributed by atoms with Gasteiger partial charge in [0.25, 0.3) is 0 Å². The van der Waals surface area contributed by atoms with E-state index >= 15 is 0 Å². The summed E-state index contributed by atoms with van der Waals surface area (Å²) in [6.45, 7) is 6.60. The fourth-order valence-corrected chi connectivity index (χ4v) is 2.06. The topological polar surface area (TPSA) is 74.2 Å². The third-order valence-electron chi connectivity index (χ3n) is 3.39. The summed E-state index contributed by atoms with van der Waals surface area (Å²) in [5.41, 5.74) is 7.05. The Hall–Kier alpha value is -1.88. The van der Waals surface area contributed by atoms with Gasteiger partial charge >= 0.3 is 0 Å². The fourth-order valence-electron chi connectivity index (χ4n) is 2.06. The van der Waals surface area contributed by atoms with Crippen LogP contribution in [-0.2, 0) is 16.8 Å². The highest BCUT2D eigenvalue weighted by Crippen LogP contribution is 2.26. The molecule has 1 heterocycles. The molecular weight excluding hydrogens is 254 g/mol. The molecule has 2 N–H and O–H groups in total. The molecule has 0 aliphatic carbocycles. The summed E-state index contributed by atoms with van der Waals surface area (Å²) in [6, 6.07) is 7.66. The van der Waals surface area contributed by atoms with Crippen LogP contribution in [0.25, 0.3) is 0 Å². The molecule has 1 aromatic carbocycles. The van der Waals surface area contributed by atoms with Crippen molar-refractivity contribution in [1.29, 1.82) is 0 Å². The van der Waals surface area contributed by atoms with Crippen LogP contribution in [0, 0.1) is 0 Å². The fraction of sp³-hybridized carbons (Fsp3) is 0.467. The van der Waals surface area contributed by atoms with Crippen molar-refractivity contribution in [3.63, 3.8) is 0 Å². The predicted octanol–water partition coefficient (Wildman–Crippen LogP) is 2.90. The molecule has 1 unspecified atom stereocenters. The molecule has 0 bridgehead atoms. The first-order valence-corrected chi connectivity index (χ1v) is 6.89. The maximum atomic E-state index is 5.76. The minimum absolute atomic E-state index is 0.494. The molecule has 2 aromatic rings. The van der Waals surface area contributed by atoms with Gasteiger partial charge in [-0.3, -0.25) is 0 Å². The predicted molar refractivity (Wildman–Crippen MR) is 77.2 cm³/mol. The Morgan fingerprint density at radius 1 is 1.35 bits per heavy atom. The molecule has 0 radical (unpaired) electrons. The van der Waals surface area contributed by atoms with Gasteiger partial charge in [0.15, 0.2) is 0 Å². The first-order valence-electron chi connectivity index (χ1n) is 6.89. The molecule has 0 fully saturated rings. The maximum absolute atomic E-state index is 5.76. The van der Waals surface area contributed by atoms with E-state index in [0.717, 1.165) is 17.7 Å². The third-order valence-corrected chi connectivity index (χ3v) is 3.39. The second kappa shape index (κ2) is 6.05. The van der Waals surface area contributed by atoms with Crippen LogP contribution in [0.1, 0.15) is 44.5 Å². The van der Waals surface area contributed by atoms with Gasteiger partial charge in [-0.25, -0.2) is 0 Å². The maximum Gasteiger partial charge on any atom is 0.231 e. The second-order valence-electron chi connectivity index (χ2n) is 4.95. The Morgan fingerprint density at radius 2 is 2.15 bits per heavy atom. The van der Waals surface area contributed by atoms with Crippen LogP contribution in [0.4, 0.5) is 5.69 Å². The van der Waals surface area contributed by atoms with Gasteiger partial charge in [-0.15, -0.1) is 0 Å². The highest BCUT2D eigenvalue weighted by Gasteiger charge is 2.30. The van der Waals surface area contributed by atoms with Gasteiger partial charge in [0, 0.05) is 12.3 Å². The Morgan fingerprint density at radius 3 is 2.80 bits per heavy atom. The van der Waals surface area contributed by atoms with Crippen molar-refractivity contribution in [2.45, 2.75) is 39.2 Å². The molecule has 20 heavy (non-hydrogen) atoms. The molecule has 1 aromatic heterocycles. The van der Waals surface area contributed by atoms with E-state index in [1.165, 1.54) is 0 Å². The van der Waals surface area contributed by atoms with Gasteiger partial charge in [-0.1, -0.05) is 24.2 Å². The molecule has 5 nitrogen and oxygen atoms in total. The zero-order valence-electron chi connectivity index (χ0n) is 12.2. The van der Waals surface area contributed by atoms with Gasteiger partial charge in [-0.05, 0) is 38.0 Å². The number of hydrogen-bond donors (Lipinski definition) is 1. The van der Waals surface area contributed by atoms with E-state index in [-0.39, 0.29) is 0 Å². The number of hydrogen-bond acceptors (Lipinski definition) is 5. The summed E-state index contributed by atoms with van der Waals surface area (Å²) in [7, 11) is 0. The first-order chi connectivity index (χ1) is 9.57. The van der Waals surface area contributed by atoms with Crippen LogP contribution in [-0.4, -0.2) is 16.7 Å². The number of anilines is 1. The summed E-state index contributed by atoms with van der Waals surface area (Å²) < 4.78 is 11.1. The molecular formula is C15H21N3O2. The second-order valence-corrected chi connectivity index (χ2v) is 4.95. The first kappa shape index (κ1) is 14.5. The summed E-state index contributed by atoms with van der Waals surface area (Å²) >= 11 is 0. The Labute approximate surface area is 119 Å². The Bertz CT molecular complexity index is 568. The monoisotopic (exact) mass is 275 g/mol. The minimum atomic E-state index is -0.494. The Kier molecular flexibility index (Phi) is 4.39. The average Bonchev–Trinajstić information content (AvgIpc) is 2.88. The lowest BCUT2D eigenvalue weighted by Gasteiger charge is -2.23. The summed E-state index contributed by atoms with van der Waals surface area (Å²) in [4.78, 5) is 4.45. The van der Waals surface area contributed by atoms with Crippen molar-refractivity contribution in [2.24, 2.45) is 0 Å². The van der Waals surface area contributed by atoms with Crippen molar-refractivity contribution in [3.8, 4) is 0 Å². The largest absolute Gasteiger partial charge is 0.399 e. The summed E-state index contributed by atoms with van der Waals surface area (Å²) in [6.07, 6.45) is 1.36. The molecule has 0 aliphatic heterocycles. The van der Waals surface area contributed by atoms with Crippen LogP contribution < -0.4 is 5.73 Å². The minimum Gasteiger partial charge on any atom is -0.399 e. The van der Waals surface area contributed by atoms with E-state index < -0.39 is 5.60 Å². The average molecular weight is 275 g/mol. The standard InChI is InChI=1S/C15H21N3O2/c1-4-15(3,19-5-2)14-17-13(20-18-14)10-11-7-6-8-12(16)9-11/h6-9H,4-5,10,16H2,1-3H3. The van der Waals surface area contributed by atoms with Crippen LogP contribution in [0.2, 0.25) is 0 Å². The van der Waals surface area contributed by atoms with E-state index in [4.69, 9.17) is 15.0 Å². The van der Waals surface area contributed by atoms with Gasteiger partial charge in [-0.2, -0.15) is 4.98 Å². The smallest absolute Gasteiger partial charge is 0.231 e. The number of benzene rings is 1. The number of nitrogens with two attached hydrogens (primary N) is 1. The van der Waals surface area contributed by atoms with Crippen LogP contribution >= 0.6 is 0 Å². The lowest BCUT2D eigenvalue weighted by molar-refractivity contribution is -0.0403. The van der Waals surface area contributed by atoms with Gasteiger partial charge in [0.05, 0.1) is 6.42 Å². The number of nitrogen functional groups attached to an aromatic ring is 1. The molecule has 0 spiro atoms. The molecule has 5 heteroatoms. The van der Waals surface area contributed by atoms with E-state index in [1.54, 1.807) is 0 Å². The number of rotatable bonds is 6. The molecule has 0 saturated heterocycles. The van der Waals surface area contributed by atoms with E-state index in [2.05, 4.69) is 10.1 Å². The summed E-state index contributed by atoms with van der Waals surface area (Å²) in [5.74, 6) is 1.17. The molecule has 0 amide bonds. The number of aromatic nitrogens is 2. The normalized spacial score (nSPS) is 14.2. The highest BCUT2D eigenvalue weighted by molar-refractivity contribution is 5.41. The molecule has 0 saturated carbocycles. The van der Waals surface area contributed by atoms with Crippen molar-refractivity contribution in [3.05, 3.63) is 41.5 Å². The SMILES string of the molecule is CCOC(C)(CC)c1noc(Cc2cccc(N)c2)n1. The number of ether oxygens (including phenoxy) is 1. The van der Waals surface area contributed by atoms with Crippen LogP contribution in [0.15, 0.2) is 28.8 Å². The van der Waals surface area contributed by atoms with E-state index in [9.17, 15) is 0 Å². The molecule has 108 valence electrons.